The minimum Gasteiger partial charge on any atom is -0.399 e. The van der Waals surface area contributed by atoms with Crippen molar-refractivity contribution in [3.8, 4) is 0 Å². The fourth-order valence-electron chi connectivity index (χ4n) is 1.89. The minimum absolute atomic E-state index is 0.241. The van der Waals surface area contributed by atoms with Crippen LogP contribution in [0.3, 0.4) is 0 Å². The van der Waals surface area contributed by atoms with Gasteiger partial charge in [-0.05, 0) is 35.9 Å². The summed E-state index contributed by atoms with van der Waals surface area (Å²) in [5.41, 5.74) is 7.84. The van der Waals surface area contributed by atoms with Crippen LogP contribution in [0.1, 0.15) is 5.56 Å². The van der Waals surface area contributed by atoms with Crippen molar-refractivity contribution in [3.05, 3.63) is 58.9 Å². The van der Waals surface area contributed by atoms with Crippen molar-refractivity contribution in [3.63, 3.8) is 0 Å². The lowest BCUT2D eigenvalue weighted by Gasteiger charge is -2.20. The number of nitrogen functional groups attached to an aromatic ring is 1. The summed E-state index contributed by atoms with van der Waals surface area (Å²) < 4.78 is 13.6. The number of anilines is 2. The first-order chi connectivity index (χ1) is 8.56. The van der Waals surface area contributed by atoms with Crippen LogP contribution in [0, 0.1) is 5.82 Å². The van der Waals surface area contributed by atoms with Gasteiger partial charge in [0.2, 0.25) is 0 Å². The number of hydrogen-bond donors (Lipinski definition) is 1. The van der Waals surface area contributed by atoms with E-state index in [0.29, 0.717) is 22.9 Å². The molecule has 0 radical (unpaired) electrons. The van der Waals surface area contributed by atoms with E-state index in [1.165, 1.54) is 6.07 Å². The van der Waals surface area contributed by atoms with Crippen LogP contribution in [-0.2, 0) is 6.54 Å². The van der Waals surface area contributed by atoms with E-state index >= 15 is 0 Å². The third-order valence-electron chi connectivity index (χ3n) is 2.66. The van der Waals surface area contributed by atoms with Crippen molar-refractivity contribution >= 4 is 23.0 Å². The lowest BCUT2D eigenvalue weighted by molar-refractivity contribution is 0.622. The molecule has 2 rings (SSSR count). The van der Waals surface area contributed by atoms with Gasteiger partial charge in [0.15, 0.2) is 0 Å². The van der Waals surface area contributed by atoms with Crippen molar-refractivity contribution in [1.29, 1.82) is 0 Å². The lowest BCUT2D eigenvalue weighted by Crippen LogP contribution is -2.17. The predicted octanol–water partition coefficient (Wildman–Crippen LogP) is 3.70. The number of nitrogens with two attached hydrogens (primary N) is 1. The maximum Gasteiger partial charge on any atom is 0.146 e. The van der Waals surface area contributed by atoms with E-state index in [0.717, 1.165) is 5.56 Å². The Balaban J connectivity index is 2.21. The summed E-state index contributed by atoms with van der Waals surface area (Å²) in [6, 6.07) is 12.0. The van der Waals surface area contributed by atoms with Gasteiger partial charge in [0.25, 0.3) is 0 Å². The van der Waals surface area contributed by atoms with Gasteiger partial charge in [-0.15, -0.1) is 0 Å². The molecule has 0 aromatic heterocycles. The molecule has 0 unspecified atom stereocenters. The molecule has 0 spiro atoms. The summed E-state index contributed by atoms with van der Waals surface area (Å²) in [6.07, 6.45) is 0. The van der Waals surface area contributed by atoms with Crippen molar-refractivity contribution in [2.45, 2.75) is 6.54 Å². The van der Waals surface area contributed by atoms with E-state index < -0.39 is 0 Å². The highest BCUT2D eigenvalue weighted by Crippen LogP contribution is 2.22. The maximum atomic E-state index is 13.6. The number of halogens is 2. The molecule has 0 atom stereocenters. The third-order valence-corrected chi connectivity index (χ3v) is 2.88. The van der Waals surface area contributed by atoms with E-state index in [1.54, 1.807) is 24.3 Å². The predicted molar refractivity (Wildman–Crippen MR) is 74.4 cm³/mol. The summed E-state index contributed by atoms with van der Waals surface area (Å²) in [6.45, 7) is 0.547. The van der Waals surface area contributed by atoms with Crippen molar-refractivity contribution < 1.29 is 4.39 Å². The highest BCUT2D eigenvalue weighted by molar-refractivity contribution is 6.30. The summed E-state index contributed by atoms with van der Waals surface area (Å²) in [5.74, 6) is -0.241. The van der Waals surface area contributed by atoms with Gasteiger partial charge in [-0.25, -0.2) is 4.39 Å². The lowest BCUT2D eigenvalue weighted by atomic mass is 10.2. The Morgan fingerprint density at radius 1 is 1.22 bits per heavy atom. The normalized spacial score (nSPS) is 10.4. The molecule has 0 heterocycles. The summed E-state index contributed by atoms with van der Waals surface area (Å²) in [4.78, 5) is 1.82. The van der Waals surface area contributed by atoms with Crippen LogP contribution in [0.5, 0.6) is 0 Å². The van der Waals surface area contributed by atoms with E-state index in [2.05, 4.69) is 0 Å². The van der Waals surface area contributed by atoms with Crippen LogP contribution in [-0.4, -0.2) is 7.05 Å². The second kappa shape index (κ2) is 5.27. The van der Waals surface area contributed by atoms with Gasteiger partial charge in [-0.3, -0.25) is 0 Å². The fourth-order valence-corrected chi connectivity index (χ4v) is 2.15. The van der Waals surface area contributed by atoms with Crippen LogP contribution in [0.4, 0.5) is 15.8 Å². The second-order valence-corrected chi connectivity index (χ2v) is 4.64. The number of benzene rings is 2. The molecule has 0 bridgehead atoms. The molecule has 0 aliphatic carbocycles. The molecule has 94 valence electrons. The Kier molecular flexibility index (Phi) is 3.72. The quantitative estimate of drug-likeness (QED) is 0.857. The largest absolute Gasteiger partial charge is 0.399 e. The molecule has 18 heavy (non-hydrogen) atoms. The molecule has 0 aliphatic rings. The Hall–Kier alpha value is -1.74. The van der Waals surface area contributed by atoms with Crippen LogP contribution in [0.25, 0.3) is 0 Å². The van der Waals surface area contributed by atoms with Gasteiger partial charge in [0.1, 0.15) is 5.82 Å². The SMILES string of the molecule is CN(Cc1cc(N)cc(Cl)c1)c1ccccc1F. The first-order valence-corrected chi connectivity index (χ1v) is 5.94. The number of para-hydroxylation sites is 1. The highest BCUT2D eigenvalue weighted by Gasteiger charge is 2.07. The zero-order valence-electron chi connectivity index (χ0n) is 10.0. The molecule has 0 fully saturated rings. The van der Waals surface area contributed by atoms with E-state index in [1.807, 2.05) is 24.1 Å². The molecule has 0 saturated carbocycles. The molecule has 0 saturated heterocycles. The number of rotatable bonds is 3. The van der Waals surface area contributed by atoms with E-state index in [9.17, 15) is 4.39 Å². The molecule has 0 amide bonds. The first-order valence-electron chi connectivity index (χ1n) is 5.57. The fraction of sp³-hybridized carbons (Fsp3) is 0.143. The van der Waals surface area contributed by atoms with Crippen molar-refractivity contribution in [1.82, 2.24) is 0 Å². The summed E-state index contributed by atoms with van der Waals surface area (Å²) in [7, 11) is 1.83. The van der Waals surface area contributed by atoms with Crippen LogP contribution in [0.2, 0.25) is 5.02 Å². The van der Waals surface area contributed by atoms with E-state index in [4.69, 9.17) is 17.3 Å². The summed E-state index contributed by atoms with van der Waals surface area (Å²) >= 11 is 5.94. The van der Waals surface area contributed by atoms with Crippen molar-refractivity contribution in [2.75, 3.05) is 17.7 Å². The topological polar surface area (TPSA) is 29.3 Å². The van der Waals surface area contributed by atoms with E-state index in [-0.39, 0.29) is 5.82 Å². The standard InChI is InChI=1S/C14H14ClFN2/c1-18(14-5-3-2-4-13(14)16)9-10-6-11(15)8-12(17)7-10/h2-8H,9,17H2,1H3. The Bertz CT molecular complexity index is 537. The third kappa shape index (κ3) is 2.93. The van der Waals surface area contributed by atoms with Crippen molar-refractivity contribution in [2.24, 2.45) is 0 Å². The zero-order valence-corrected chi connectivity index (χ0v) is 10.8. The Labute approximate surface area is 111 Å². The zero-order chi connectivity index (χ0) is 13.1. The molecular weight excluding hydrogens is 251 g/mol. The highest BCUT2D eigenvalue weighted by atomic mass is 35.5. The Morgan fingerprint density at radius 2 is 1.94 bits per heavy atom. The van der Waals surface area contributed by atoms with Gasteiger partial charge < -0.3 is 10.6 Å². The molecule has 0 aliphatic heterocycles. The van der Waals surface area contributed by atoms with Gasteiger partial charge in [0.05, 0.1) is 5.69 Å². The van der Waals surface area contributed by atoms with Crippen LogP contribution >= 0.6 is 11.6 Å². The monoisotopic (exact) mass is 264 g/mol. The van der Waals surface area contributed by atoms with Gasteiger partial charge in [-0.1, -0.05) is 23.7 Å². The van der Waals surface area contributed by atoms with Gasteiger partial charge >= 0.3 is 0 Å². The molecule has 2 N–H and O–H groups in total. The van der Waals surface area contributed by atoms with Gasteiger partial charge in [0, 0.05) is 24.3 Å². The average molecular weight is 265 g/mol. The maximum absolute atomic E-state index is 13.6. The molecular formula is C14H14ClFN2. The number of hydrogen-bond acceptors (Lipinski definition) is 2. The molecule has 2 aromatic carbocycles. The van der Waals surface area contributed by atoms with Crippen LogP contribution in [0.15, 0.2) is 42.5 Å². The Morgan fingerprint density at radius 3 is 2.61 bits per heavy atom. The average Bonchev–Trinajstić information content (AvgIpc) is 2.27. The first kappa shape index (κ1) is 12.7. The molecule has 2 nitrogen and oxygen atoms in total. The van der Waals surface area contributed by atoms with Gasteiger partial charge in [-0.2, -0.15) is 0 Å². The number of nitrogens with zero attached hydrogens (tertiary/aromatic N) is 1. The smallest absolute Gasteiger partial charge is 0.146 e. The minimum atomic E-state index is -0.241. The molecule has 4 heteroatoms. The molecule has 2 aromatic rings. The van der Waals surface area contributed by atoms with Crippen LogP contribution < -0.4 is 10.6 Å². The second-order valence-electron chi connectivity index (χ2n) is 4.20. The summed E-state index contributed by atoms with van der Waals surface area (Å²) in [5, 5.41) is 0.590.